The van der Waals surface area contributed by atoms with Crippen molar-refractivity contribution in [3.63, 3.8) is 0 Å². The van der Waals surface area contributed by atoms with Gasteiger partial charge in [0.25, 0.3) is 0 Å². The molecule has 0 aromatic heterocycles. The zero-order chi connectivity index (χ0) is 21.9. The maximum absolute atomic E-state index is 13.0. The fourth-order valence-electron chi connectivity index (χ4n) is 4.66. The van der Waals surface area contributed by atoms with Crippen molar-refractivity contribution in [3.8, 4) is 0 Å². The quantitative estimate of drug-likeness (QED) is 0.163. The number of guanidine groups is 1. The Kier molecular flexibility index (Phi) is 10.1. The van der Waals surface area contributed by atoms with Gasteiger partial charge < -0.3 is 31.8 Å². The van der Waals surface area contributed by atoms with E-state index in [2.05, 4.69) is 15.6 Å². The van der Waals surface area contributed by atoms with Crippen molar-refractivity contribution in [2.75, 3.05) is 20.1 Å². The molecule has 6 N–H and O–H groups in total. The molecule has 2 fully saturated rings. The fourth-order valence-corrected chi connectivity index (χ4v) is 4.66. The normalized spacial score (nSPS) is 21.6. The average Bonchev–Trinajstić information content (AvgIpc) is 3.24. The number of carbonyl (C=O) groups is 3. The molecule has 9 nitrogen and oxygen atoms in total. The van der Waals surface area contributed by atoms with Crippen LogP contribution in [0.3, 0.4) is 0 Å². The molecule has 9 heteroatoms. The number of nitrogens with zero attached hydrogens (tertiary/aromatic N) is 2. The molecule has 1 saturated heterocycles. The highest BCUT2D eigenvalue weighted by molar-refractivity contribution is 5.89. The van der Waals surface area contributed by atoms with Crippen LogP contribution in [0.25, 0.3) is 0 Å². The van der Waals surface area contributed by atoms with E-state index >= 15 is 0 Å². The van der Waals surface area contributed by atoms with Gasteiger partial charge in [0.2, 0.25) is 11.8 Å². The standard InChI is InChI=1S/C21H38N6O3/c1-24-17(15-7-3-2-4-8-15)13-19(29)27-12-6-10-18(27)20(30)26-16(14-28)9-5-11-25-21(22)23/h14-18,24H,2-13H2,1H3,(H,26,30)(H4,22,23,25)/t16-,17?,18-/m0/s1. The van der Waals surface area contributed by atoms with Crippen LogP contribution >= 0.6 is 0 Å². The lowest BCUT2D eigenvalue weighted by atomic mass is 9.82. The molecule has 1 heterocycles. The number of likely N-dealkylation sites (tertiary alicyclic amines) is 1. The third-order valence-electron chi connectivity index (χ3n) is 6.32. The van der Waals surface area contributed by atoms with Crippen molar-refractivity contribution >= 4 is 24.1 Å². The number of aldehydes is 1. The molecule has 2 aliphatic rings. The minimum Gasteiger partial charge on any atom is -0.370 e. The largest absolute Gasteiger partial charge is 0.370 e. The Balaban J connectivity index is 1.87. The van der Waals surface area contributed by atoms with Crippen LogP contribution in [0.5, 0.6) is 0 Å². The van der Waals surface area contributed by atoms with Crippen molar-refractivity contribution in [2.45, 2.75) is 82.3 Å². The summed E-state index contributed by atoms with van der Waals surface area (Å²) in [5.74, 6) is 0.300. The molecule has 0 aromatic carbocycles. The molecule has 1 unspecified atom stereocenters. The van der Waals surface area contributed by atoms with Gasteiger partial charge in [0.1, 0.15) is 12.3 Å². The molecule has 1 saturated carbocycles. The van der Waals surface area contributed by atoms with Crippen LogP contribution in [0.15, 0.2) is 4.99 Å². The highest BCUT2D eigenvalue weighted by atomic mass is 16.2. The average molecular weight is 423 g/mol. The lowest BCUT2D eigenvalue weighted by Gasteiger charge is -2.32. The summed E-state index contributed by atoms with van der Waals surface area (Å²) in [6.07, 6.45) is 9.65. The molecule has 0 spiro atoms. The van der Waals surface area contributed by atoms with Gasteiger partial charge >= 0.3 is 0 Å². The summed E-state index contributed by atoms with van der Waals surface area (Å²) in [7, 11) is 1.91. The molecule has 1 aliphatic carbocycles. The Morgan fingerprint density at radius 2 is 1.90 bits per heavy atom. The molecule has 2 rings (SSSR count). The molecule has 0 aromatic rings. The number of hydrogen-bond acceptors (Lipinski definition) is 5. The first-order valence-electron chi connectivity index (χ1n) is 11.2. The van der Waals surface area contributed by atoms with E-state index in [1.54, 1.807) is 4.90 Å². The van der Waals surface area contributed by atoms with E-state index in [1.165, 1.54) is 19.3 Å². The van der Waals surface area contributed by atoms with Gasteiger partial charge in [0, 0.05) is 25.6 Å². The smallest absolute Gasteiger partial charge is 0.243 e. The number of nitrogens with one attached hydrogen (secondary N) is 2. The van der Waals surface area contributed by atoms with Crippen LogP contribution in [0, 0.1) is 5.92 Å². The van der Waals surface area contributed by atoms with Crippen LogP contribution in [0.2, 0.25) is 0 Å². The molecule has 1 aliphatic heterocycles. The lowest BCUT2D eigenvalue weighted by Crippen LogP contribution is -2.50. The van der Waals surface area contributed by atoms with E-state index in [0.29, 0.717) is 44.7 Å². The maximum Gasteiger partial charge on any atom is 0.243 e. The van der Waals surface area contributed by atoms with E-state index in [1.807, 2.05) is 7.05 Å². The number of amides is 2. The molecule has 30 heavy (non-hydrogen) atoms. The van der Waals surface area contributed by atoms with Gasteiger partial charge in [-0.25, -0.2) is 0 Å². The van der Waals surface area contributed by atoms with E-state index < -0.39 is 12.1 Å². The summed E-state index contributed by atoms with van der Waals surface area (Å²) < 4.78 is 0. The second-order valence-electron chi connectivity index (χ2n) is 8.44. The summed E-state index contributed by atoms with van der Waals surface area (Å²) in [6.45, 7) is 0.997. The van der Waals surface area contributed by atoms with Crippen LogP contribution in [-0.2, 0) is 14.4 Å². The summed E-state index contributed by atoms with van der Waals surface area (Å²) in [5.41, 5.74) is 10.6. The van der Waals surface area contributed by atoms with Crippen molar-refractivity contribution in [1.82, 2.24) is 15.5 Å². The third kappa shape index (κ3) is 7.27. The molecule has 2 amide bonds. The van der Waals surface area contributed by atoms with Crippen LogP contribution in [0.1, 0.15) is 64.2 Å². The van der Waals surface area contributed by atoms with E-state index in [0.717, 1.165) is 25.5 Å². The molecule has 0 radical (unpaired) electrons. The Bertz CT molecular complexity index is 602. The lowest BCUT2D eigenvalue weighted by molar-refractivity contribution is -0.139. The van der Waals surface area contributed by atoms with Crippen molar-refractivity contribution in [1.29, 1.82) is 0 Å². The molecule has 170 valence electrons. The van der Waals surface area contributed by atoms with E-state index in [-0.39, 0.29) is 23.8 Å². The number of hydrogen-bond donors (Lipinski definition) is 4. The number of rotatable bonds is 11. The monoisotopic (exact) mass is 422 g/mol. The summed E-state index contributed by atoms with van der Waals surface area (Å²) in [4.78, 5) is 42.7. The van der Waals surface area contributed by atoms with E-state index in [4.69, 9.17) is 11.5 Å². The number of carbonyl (C=O) groups excluding carboxylic acids is 3. The Hall–Kier alpha value is -2.16. The van der Waals surface area contributed by atoms with Crippen molar-refractivity contribution in [3.05, 3.63) is 0 Å². The highest BCUT2D eigenvalue weighted by Gasteiger charge is 2.36. The predicted octanol–water partition coefficient (Wildman–Crippen LogP) is 0.273. The van der Waals surface area contributed by atoms with Crippen LogP contribution in [-0.4, -0.2) is 67.2 Å². The minimum absolute atomic E-state index is 0.00917. The Labute approximate surface area is 179 Å². The van der Waals surface area contributed by atoms with Gasteiger partial charge in [-0.05, 0) is 51.5 Å². The first kappa shape index (κ1) is 24.1. The van der Waals surface area contributed by atoms with Crippen molar-refractivity contribution in [2.24, 2.45) is 22.4 Å². The molecular weight excluding hydrogens is 384 g/mol. The minimum atomic E-state index is -0.600. The Morgan fingerprint density at radius 3 is 2.53 bits per heavy atom. The van der Waals surface area contributed by atoms with Gasteiger partial charge in [-0.3, -0.25) is 14.6 Å². The number of nitrogens with two attached hydrogens (primary N) is 2. The van der Waals surface area contributed by atoms with Gasteiger partial charge in [0.05, 0.1) is 6.04 Å². The first-order chi connectivity index (χ1) is 14.5. The molecule has 3 atom stereocenters. The SMILES string of the molecule is CNC(CC(=O)N1CCC[C@H]1C(=O)N[C@H](C=O)CCCN=C(N)N)C1CCCCC1. The summed E-state index contributed by atoms with van der Waals surface area (Å²) >= 11 is 0. The molecular formula is C21H38N6O3. The van der Waals surface area contributed by atoms with Crippen LogP contribution < -0.4 is 22.1 Å². The molecule has 0 bridgehead atoms. The van der Waals surface area contributed by atoms with E-state index in [9.17, 15) is 14.4 Å². The number of aliphatic imine (C=N–C) groups is 1. The summed E-state index contributed by atoms with van der Waals surface area (Å²) in [6, 6.07) is -0.946. The van der Waals surface area contributed by atoms with Gasteiger partial charge in [-0.2, -0.15) is 0 Å². The van der Waals surface area contributed by atoms with Gasteiger partial charge in [-0.1, -0.05) is 19.3 Å². The fraction of sp³-hybridized carbons (Fsp3) is 0.810. The summed E-state index contributed by atoms with van der Waals surface area (Å²) in [5, 5.41) is 6.11. The predicted molar refractivity (Wildman–Crippen MR) is 117 cm³/mol. The highest BCUT2D eigenvalue weighted by Crippen LogP contribution is 2.29. The van der Waals surface area contributed by atoms with Gasteiger partial charge in [-0.15, -0.1) is 0 Å². The Morgan fingerprint density at radius 1 is 1.17 bits per heavy atom. The second-order valence-corrected chi connectivity index (χ2v) is 8.44. The maximum atomic E-state index is 13.0. The zero-order valence-electron chi connectivity index (χ0n) is 18.1. The van der Waals surface area contributed by atoms with Crippen LogP contribution in [0.4, 0.5) is 0 Å². The second kappa shape index (κ2) is 12.5. The third-order valence-corrected chi connectivity index (χ3v) is 6.32. The van der Waals surface area contributed by atoms with Gasteiger partial charge in [0.15, 0.2) is 5.96 Å². The topological polar surface area (TPSA) is 143 Å². The van der Waals surface area contributed by atoms with Crippen molar-refractivity contribution < 1.29 is 14.4 Å². The zero-order valence-corrected chi connectivity index (χ0v) is 18.1. The first-order valence-corrected chi connectivity index (χ1v) is 11.2.